The molecule has 7 nitrogen and oxygen atoms in total. The number of fused-ring (bicyclic) bond motifs is 2. The average molecular weight is 367 g/mol. The lowest BCUT2D eigenvalue weighted by Crippen LogP contribution is -2.36. The molecule has 0 aliphatic carbocycles. The van der Waals surface area contributed by atoms with E-state index in [2.05, 4.69) is 10.1 Å². The molecule has 0 radical (unpaired) electrons. The summed E-state index contributed by atoms with van der Waals surface area (Å²) in [6.07, 6.45) is 0.761. The van der Waals surface area contributed by atoms with Crippen molar-refractivity contribution in [2.45, 2.75) is 26.8 Å². The van der Waals surface area contributed by atoms with Crippen molar-refractivity contribution >= 4 is 17.0 Å². The first kappa shape index (κ1) is 17.3. The molecule has 0 atom stereocenters. The van der Waals surface area contributed by atoms with Gasteiger partial charge in [0, 0.05) is 18.8 Å². The normalized spacial score (nSPS) is 13.6. The number of ether oxygens (including phenoxy) is 2. The van der Waals surface area contributed by atoms with Crippen molar-refractivity contribution in [3.63, 3.8) is 0 Å². The summed E-state index contributed by atoms with van der Waals surface area (Å²) in [6, 6.07) is 5.75. The standard InChI is InChI=1S/C20H21N3O4/c1-11-7-15(18-12(2)22-27-19(18)21-11)20(24)23-6-5-13-8-16(25-3)17(26-4)9-14(13)10-23/h7-9H,5-6,10H2,1-4H3. The quantitative estimate of drug-likeness (QED) is 0.708. The molecule has 1 aliphatic heterocycles. The molecule has 2 aromatic heterocycles. The minimum absolute atomic E-state index is 0.0442. The minimum atomic E-state index is -0.0442. The van der Waals surface area contributed by atoms with Gasteiger partial charge in [0.1, 0.15) is 0 Å². The van der Waals surface area contributed by atoms with E-state index in [1.807, 2.05) is 30.9 Å². The van der Waals surface area contributed by atoms with Gasteiger partial charge in [0.15, 0.2) is 11.5 Å². The van der Waals surface area contributed by atoms with Gasteiger partial charge in [-0.15, -0.1) is 0 Å². The molecule has 7 heteroatoms. The highest BCUT2D eigenvalue weighted by Crippen LogP contribution is 2.34. The van der Waals surface area contributed by atoms with E-state index < -0.39 is 0 Å². The Morgan fingerprint density at radius 2 is 1.81 bits per heavy atom. The predicted octanol–water partition coefficient (Wildman–Crippen LogP) is 3.06. The Morgan fingerprint density at radius 1 is 1.11 bits per heavy atom. The van der Waals surface area contributed by atoms with Crippen LogP contribution in [0.2, 0.25) is 0 Å². The second-order valence-electron chi connectivity index (χ2n) is 6.71. The zero-order valence-electron chi connectivity index (χ0n) is 15.8. The number of rotatable bonds is 3. The first-order chi connectivity index (χ1) is 13.0. The summed E-state index contributed by atoms with van der Waals surface area (Å²) in [6.45, 7) is 4.81. The number of hydrogen-bond donors (Lipinski definition) is 0. The van der Waals surface area contributed by atoms with Crippen molar-refractivity contribution < 1.29 is 18.8 Å². The van der Waals surface area contributed by atoms with Gasteiger partial charge in [0.2, 0.25) is 0 Å². The number of aromatic nitrogens is 2. The van der Waals surface area contributed by atoms with Gasteiger partial charge in [-0.1, -0.05) is 5.16 Å². The Hall–Kier alpha value is -3.09. The van der Waals surface area contributed by atoms with E-state index >= 15 is 0 Å². The number of pyridine rings is 1. The summed E-state index contributed by atoms with van der Waals surface area (Å²) < 4.78 is 16.0. The molecule has 0 fully saturated rings. The van der Waals surface area contributed by atoms with Crippen LogP contribution in [0.1, 0.15) is 32.9 Å². The fraction of sp³-hybridized carbons (Fsp3) is 0.350. The molecule has 3 aromatic rings. The van der Waals surface area contributed by atoms with Gasteiger partial charge >= 0.3 is 0 Å². The molecule has 0 saturated carbocycles. The number of aryl methyl sites for hydroxylation is 2. The summed E-state index contributed by atoms with van der Waals surface area (Å²) in [5.74, 6) is 1.34. The van der Waals surface area contributed by atoms with Crippen molar-refractivity contribution in [3.8, 4) is 11.5 Å². The fourth-order valence-electron chi connectivity index (χ4n) is 3.61. The predicted molar refractivity (Wildman–Crippen MR) is 99.3 cm³/mol. The molecule has 3 heterocycles. The van der Waals surface area contributed by atoms with Crippen LogP contribution in [0.5, 0.6) is 11.5 Å². The second kappa shape index (κ2) is 6.57. The zero-order valence-corrected chi connectivity index (χ0v) is 15.8. The van der Waals surface area contributed by atoms with Crippen LogP contribution in [0.3, 0.4) is 0 Å². The van der Waals surface area contributed by atoms with Gasteiger partial charge < -0.3 is 18.9 Å². The molecule has 0 spiro atoms. The molecule has 1 aromatic carbocycles. The summed E-state index contributed by atoms with van der Waals surface area (Å²) >= 11 is 0. The summed E-state index contributed by atoms with van der Waals surface area (Å²) in [5.41, 5.74) is 4.63. The molecule has 140 valence electrons. The van der Waals surface area contributed by atoms with E-state index in [1.165, 1.54) is 5.56 Å². The van der Waals surface area contributed by atoms with Crippen LogP contribution in [-0.2, 0) is 13.0 Å². The Balaban J connectivity index is 1.70. The van der Waals surface area contributed by atoms with E-state index in [0.29, 0.717) is 46.9 Å². The van der Waals surface area contributed by atoms with Crippen LogP contribution < -0.4 is 9.47 Å². The third kappa shape index (κ3) is 2.89. The third-order valence-electron chi connectivity index (χ3n) is 4.98. The van der Waals surface area contributed by atoms with Crippen LogP contribution in [0, 0.1) is 13.8 Å². The number of nitrogens with zero attached hydrogens (tertiary/aromatic N) is 3. The van der Waals surface area contributed by atoms with Crippen LogP contribution >= 0.6 is 0 Å². The zero-order chi connectivity index (χ0) is 19.1. The molecule has 4 rings (SSSR count). The highest BCUT2D eigenvalue weighted by atomic mass is 16.5. The van der Waals surface area contributed by atoms with Crippen LogP contribution in [-0.4, -0.2) is 41.7 Å². The van der Waals surface area contributed by atoms with E-state index in [0.717, 1.165) is 17.7 Å². The highest BCUT2D eigenvalue weighted by Gasteiger charge is 2.26. The Labute approximate surface area is 156 Å². The molecule has 0 unspecified atom stereocenters. The molecule has 0 bridgehead atoms. The summed E-state index contributed by atoms with van der Waals surface area (Å²) in [4.78, 5) is 19.5. The molecule has 1 amide bonds. The maximum atomic E-state index is 13.3. The summed E-state index contributed by atoms with van der Waals surface area (Å²) in [7, 11) is 3.24. The van der Waals surface area contributed by atoms with E-state index in [4.69, 9.17) is 14.0 Å². The maximum Gasteiger partial charge on any atom is 0.258 e. The van der Waals surface area contributed by atoms with Gasteiger partial charge in [-0.2, -0.15) is 0 Å². The average Bonchev–Trinajstić information content (AvgIpc) is 3.05. The van der Waals surface area contributed by atoms with Gasteiger partial charge in [-0.3, -0.25) is 4.79 Å². The van der Waals surface area contributed by atoms with Crippen molar-refractivity contribution in [1.82, 2.24) is 15.0 Å². The van der Waals surface area contributed by atoms with Gasteiger partial charge in [0.05, 0.1) is 30.9 Å². The van der Waals surface area contributed by atoms with Gasteiger partial charge in [-0.05, 0) is 49.6 Å². The monoisotopic (exact) mass is 367 g/mol. The van der Waals surface area contributed by atoms with Crippen molar-refractivity contribution in [3.05, 3.63) is 46.3 Å². The first-order valence-corrected chi connectivity index (χ1v) is 8.78. The number of methoxy groups -OCH3 is 2. The van der Waals surface area contributed by atoms with E-state index in [9.17, 15) is 4.79 Å². The third-order valence-corrected chi connectivity index (χ3v) is 4.98. The number of benzene rings is 1. The second-order valence-corrected chi connectivity index (χ2v) is 6.71. The van der Waals surface area contributed by atoms with Crippen molar-refractivity contribution in [1.29, 1.82) is 0 Å². The lowest BCUT2D eigenvalue weighted by molar-refractivity contribution is 0.0736. The maximum absolute atomic E-state index is 13.3. The van der Waals surface area contributed by atoms with E-state index in [1.54, 1.807) is 20.3 Å². The number of amides is 1. The topological polar surface area (TPSA) is 77.7 Å². The first-order valence-electron chi connectivity index (χ1n) is 8.78. The number of carbonyl (C=O) groups is 1. The number of carbonyl (C=O) groups excluding carboxylic acids is 1. The van der Waals surface area contributed by atoms with Gasteiger partial charge in [0.25, 0.3) is 11.6 Å². The lowest BCUT2D eigenvalue weighted by atomic mass is 9.97. The fourth-order valence-corrected chi connectivity index (χ4v) is 3.61. The van der Waals surface area contributed by atoms with Crippen molar-refractivity contribution in [2.24, 2.45) is 0 Å². The van der Waals surface area contributed by atoms with Crippen LogP contribution in [0.15, 0.2) is 22.7 Å². The Morgan fingerprint density at radius 3 is 2.52 bits per heavy atom. The summed E-state index contributed by atoms with van der Waals surface area (Å²) in [5, 5.41) is 4.65. The lowest BCUT2D eigenvalue weighted by Gasteiger charge is -2.30. The minimum Gasteiger partial charge on any atom is -0.493 e. The molecule has 0 saturated heterocycles. The van der Waals surface area contributed by atoms with E-state index in [-0.39, 0.29) is 5.91 Å². The molecule has 0 N–H and O–H groups in total. The van der Waals surface area contributed by atoms with Crippen molar-refractivity contribution in [2.75, 3.05) is 20.8 Å². The Kier molecular flexibility index (Phi) is 4.22. The molecule has 1 aliphatic rings. The highest BCUT2D eigenvalue weighted by molar-refractivity contribution is 6.06. The Bertz CT molecular complexity index is 1040. The molecular weight excluding hydrogens is 346 g/mol. The smallest absolute Gasteiger partial charge is 0.258 e. The molecule has 27 heavy (non-hydrogen) atoms. The molecular formula is C20H21N3O4. The largest absolute Gasteiger partial charge is 0.493 e. The van der Waals surface area contributed by atoms with Gasteiger partial charge in [-0.25, -0.2) is 4.98 Å². The van der Waals surface area contributed by atoms with Crippen LogP contribution in [0.4, 0.5) is 0 Å². The SMILES string of the molecule is COc1cc2c(cc1OC)CN(C(=O)c1cc(C)nc3onc(C)c13)CC2. The number of hydrogen-bond acceptors (Lipinski definition) is 6. The van der Waals surface area contributed by atoms with Crippen LogP contribution in [0.25, 0.3) is 11.1 Å².